The van der Waals surface area contributed by atoms with Crippen molar-refractivity contribution in [3.05, 3.63) is 53.1 Å². The van der Waals surface area contributed by atoms with E-state index in [1.165, 1.54) is 5.56 Å². The zero-order valence-corrected chi connectivity index (χ0v) is 12.7. The number of benzene rings is 2. The number of halogens is 1. The number of anilines is 2. The second-order valence-corrected chi connectivity index (χ2v) is 4.98. The van der Waals surface area contributed by atoms with Crippen molar-refractivity contribution in [2.45, 2.75) is 6.54 Å². The van der Waals surface area contributed by atoms with Crippen LogP contribution in [0.4, 0.5) is 11.4 Å². The lowest BCUT2D eigenvalue weighted by Gasteiger charge is -2.21. The molecule has 0 aliphatic heterocycles. The van der Waals surface area contributed by atoms with E-state index in [2.05, 4.69) is 16.3 Å². The Morgan fingerprint density at radius 1 is 1.15 bits per heavy atom. The average molecular weight is 291 g/mol. The number of methoxy groups -OCH3 is 1. The molecule has 0 aromatic heterocycles. The number of hydrogen-bond acceptors (Lipinski definition) is 3. The average Bonchev–Trinajstić information content (AvgIpc) is 2.47. The maximum atomic E-state index is 6.37. The van der Waals surface area contributed by atoms with Crippen LogP contribution in [0, 0.1) is 0 Å². The summed E-state index contributed by atoms with van der Waals surface area (Å²) in [7, 11) is 5.59. The van der Waals surface area contributed by atoms with Crippen LogP contribution >= 0.6 is 11.6 Å². The van der Waals surface area contributed by atoms with Gasteiger partial charge >= 0.3 is 0 Å². The zero-order chi connectivity index (χ0) is 14.5. The van der Waals surface area contributed by atoms with E-state index in [1.54, 1.807) is 7.11 Å². The Bertz CT molecular complexity index is 569. The fraction of sp³-hybridized carbons (Fsp3) is 0.250. The molecule has 2 aromatic carbocycles. The summed E-state index contributed by atoms with van der Waals surface area (Å²) in [5, 5.41) is 3.86. The second kappa shape index (κ2) is 6.64. The first-order valence-electron chi connectivity index (χ1n) is 6.46. The van der Waals surface area contributed by atoms with Gasteiger partial charge in [0.25, 0.3) is 0 Å². The molecule has 0 aliphatic carbocycles. The first-order chi connectivity index (χ1) is 9.65. The second-order valence-electron chi connectivity index (χ2n) is 4.57. The third kappa shape index (κ3) is 3.24. The highest BCUT2D eigenvalue weighted by atomic mass is 35.5. The Morgan fingerprint density at radius 2 is 1.85 bits per heavy atom. The first-order valence-corrected chi connectivity index (χ1v) is 6.84. The van der Waals surface area contributed by atoms with Gasteiger partial charge in [0.2, 0.25) is 0 Å². The van der Waals surface area contributed by atoms with Gasteiger partial charge in [0.05, 0.1) is 17.8 Å². The molecule has 0 unspecified atom stereocenters. The molecule has 0 saturated heterocycles. The predicted octanol–water partition coefficient (Wildman–Crippen LogP) is 3.84. The maximum Gasteiger partial charge on any atom is 0.119 e. The first kappa shape index (κ1) is 14.7. The van der Waals surface area contributed by atoms with Crippen LogP contribution in [0.5, 0.6) is 5.75 Å². The summed E-state index contributed by atoms with van der Waals surface area (Å²) in [4.78, 5) is 2.06. The van der Waals surface area contributed by atoms with Crippen molar-refractivity contribution in [1.82, 2.24) is 5.32 Å². The molecular weight excluding hydrogens is 272 g/mol. The molecule has 0 bridgehead atoms. The van der Waals surface area contributed by atoms with E-state index in [9.17, 15) is 0 Å². The molecule has 0 atom stereocenters. The van der Waals surface area contributed by atoms with Crippen LogP contribution in [0.1, 0.15) is 5.56 Å². The summed E-state index contributed by atoms with van der Waals surface area (Å²) < 4.78 is 5.17. The van der Waals surface area contributed by atoms with Gasteiger partial charge in [-0.3, -0.25) is 0 Å². The molecule has 0 aliphatic rings. The van der Waals surface area contributed by atoms with Crippen molar-refractivity contribution < 1.29 is 4.74 Å². The normalized spacial score (nSPS) is 10.4. The van der Waals surface area contributed by atoms with Crippen LogP contribution in [0.2, 0.25) is 5.02 Å². The smallest absolute Gasteiger partial charge is 0.119 e. The van der Waals surface area contributed by atoms with Crippen molar-refractivity contribution in [2.75, 3.05) is 26.1 Å². The summed E-state index contributed by atoms with van der Waals surface area (Å²) in [6, 6.07) is 14.0. The molecule has 0 heterocycles. The minimum absolute atomic E-state index is 0.746. The molecule has 0 radical (unpaired) electrons. The zero-order valence-electron chi connectivity index (χ0n) is 12.0. The van der Waals surface area contributed by atoms with Crippen molar-refractivity contribution >= 4 is 23.0 Å². The molecule has 0 fully saturated rings. The van der Waals surface area contributed by atoms with E-state index in [-0.39, 0.29) is 0 Å². The number of nitrogens with one attached hydrogen (secondary N) is 1. The quantitative estimate of drug-likeness (QED) is 0.905. The lowest BCUT2D eigenvalue weighted by Crippen LogP contribution is -2.11. The van der Waals surface area contributed by atoms with Crippen LogP contribution in [0.25, 0.3) is 0 Å². The molecule has 20 heavy (non-hydrogen) atoms. The fourth-order valence-corrected chi connectivity index (χ4v) is 2.41. The van der Waals surface area contributed by atoms with E-state index in [0.29, 0.717) is 0 Å². The van der Waals surface area contributed by atoms with Gasteiger partial charge in [0.15, 0.2) is 0 Å². The lowest BCUT2D eigenvalue weighted by molar-refractivity contribution is 0.415. The van der Waals surface area contributed by atoms with Gasteiger partial charge in [0, 0.05) is 19.3 Å². The van der Waals surface area contributed by atoms with Gasteiger partial charge in [-0.05, 0) is 49.0 Å². The van der Waals surface area contributed by atoms with Gasteiger partial charge in [-0.2, -0.15) is 0 Å². The van der Waals surface area contributed by atoms with Crippen molar-refractivity contribution in [3.63, 3.8) is 0 Å². The summed E-state index contributed by atoms with van der Waals surface area (Å²) in [6.07, 6.45) is 0. The lowest BCUT2D eigenvalue weighted by atomic mass is 10.2. The monoisotopic (exact) mass is 290 g/mol. The van der Waals surface area contributed by atoms with Crippen LogP contribution in [-0.4, -0.2) is 21.2 Å². The molecular formula is C16H19ClN2O. The van der Waals surface area contributed by atoms with Gasteiger partial charge < -0.3 is 15.0 Å². The van der Waals surface area contributed by atoms with Crippen molar-refractivity contribution in [3.8, 4) is 5.75 Å². The summed E-state index contributed by atoms with van der Waals surface area (Å²) >= 11 is 6.37. The Labute approximate surface area is 125 Å². The molecule has 0 amide bonds. The summed E-state index contributed by atoms with van der Waals surface area (Å²) in [6.45, 7) is 0.812. The predicted molar refractivity (Wildman–Crippen MR) is 85.3 cm³/mol. The minimum atomic E-state index is 0.746. The minimum Gasteiger partial charge on any atom is -0.497 e. The fourth-order valence-electron chi connectivity index (χ4n) is 2.08. The highest BCUT2D eigenvalue weighted by Crippen LogP contribution is 2.32. The molecule has 0 saturated carbocycles. The van der Waals surface area contributed by atoms with Crippen LogP contribution in [0.15, 0.2) is 42.5 Å². The van der Waals surface area contributed by atoms with E-state index >= 15 is 0 Å². The number of nitrogens with zero attached hydrogens (tertiary/aromatic N) is 1. The molecule has 4 heteroatoms. The summed E-state index contributed by atoms with van der Waals surface area (Å²) in [5.41, 5.74) is 3.22. The molecule has 106 valence electrons. The topological polar surface area (TPSA) is 24.5 Å². The van der Waals surface area contributed by atoms with E-state index < -0.39 is 0 Å². The highest BCUT2D eigenvalue weighted by Gasteiger charge is 2.09. The molecule has 0 spiro atoms. The number of hydrogen-bond donors (Lipinski definition) is 1. The van der Waals surface area contributed by atoms with Crippen molar-refractivity contribution in [1.29, 1.82) is 0 Å². The van der Waals surface area contributed by atoms with Gasteiger partial charge in [0.1, 0.15) is 5.75 Å². The summed E-state index contributed by atoms with van der Waals surface area (Å²) in [5.74, 6) is 0.845. The van der Waals surface area contributed by atoms with Crippen LogP contribution in [-0.2, 0) is 6.54 Å². The standard InChI is InChI=1S/C16H19ClN2O/c1-18-11-12-4-9-16(15(17)10-12)19(2)13-5-7-14(20-3)8-6-13/h4-10,18H,11H2,1-3H3. The van der Waals surface area contributed by atoms with E-state index in [1.807, 2.05) is 50.5 Å². The van der Waals surface area contributed by atoms with E-state index in [0.717, 1.165) is 28.7 Å². The Morgan fingerprint density at radius 3 is 2.40 bits per heavy atom. The van der Waals surface area contributed by atoms with Crippen molar-refractivity contribution in [2.24, 2.45) is 0 Å². The maximum absolute atomic E-state index is 6.37. The number of rotatable bonds is 5. The Balaban J connectivity index is 2.25. The van der Waals surface area contributed by atoms with Gasteiger partial charge in [-0.25, -0.2) is 0 Å². The molecule has 2 aromatic rings. The SMILES string of the molecule is CNCc1ccc(N(C)c2ccc(OC)cc2)c(Cl)c1. The van der Waals surface area contributed by atoms with Gasteiger partial charge in [-0.15, -0.1) is 0 Å². The van der Waals surface area contributed by atoms with E-state index in [4.69, 9.17) is 16.3 Å². The largest absolute Gasteiger partial charge is 0.497 e. The van der Waals surface area contributed by atoms with Gasteiger partial charge in [-0.1, -0.05) is 17.7 Å². The van der Waals surface area contributed by atoms with Crippen LogP contribution in [0.3, 0.4) is 0 Å². The number of ether oxygens (including phenoxy) is 1. The molecule has 3 nitrogen and oxygen atoms in total. The van der Waals surface area contributed by atoms with Crippen LogP contribution < -0.4 is 15.0 Å². The highest BCUT2D eigenvalue weighted by molar-refractivity contribution is 6.33. The molecule has 2 rings (SSSR count). The molecule has 1 N–H and O–H groups in total. The Hall–Kier alpha value is -1.71. The third-order valence-electron chi connectivity index (χ3n) is 3.21. The Kier molecular flexibility index (Phi) is 4.88. The third-order valence-corrected chi connectivity index (χ3v) is 3.52.